The molecule has 0 bridgehead atoms. The van der Waals surface area contributed by atoms with E-state index in [1.165, 1.54) is 0 Å². The zero-order valence-corrected chi connectivity index (χ0v) is 18.4. The molecule has 1 aromatic rings. The van der Waals surface area contributed by atoms with Gasteiger partial charge in [-0.1, -0.05) is 30.3 Å². The summed E-state index contributed by atoms with van der Waals surface area (Å²) in [6, 6.07) is 6.00. The maximum Gasteiger partial charge on any atom is 0.326 e. The number of unbranched alkanes of at least 4 members (excludes halogenated alkanes) is 1. The minimum atomic E-state index is -1.60. The maximum atomic E-state index is 12.0. The van der Waals surface area contributed by atoms with Crippen molar-refractivity contribution in [3.05, 3.63) is 35.9 Å². The van der Waals surface area contributed by atoms with Crippen molar-refractivity contribution in [2.75, 3.05) is 0 Å². The fraction of sp³-hybridized carbons (Fsp3) is 0.455. The smallest absolute Gasteiger partial charge is 0.326 e. The first kappa shape index (κ1) is 28.1. The molecule has 2 atom stereocenters. The van der Waals surface area contributed by atoms with Gasteiger partial charge in [-0.3, -0.25) is 19.2 Å². The van der Waals surface area contributed by atoms with E-state index >= 15 is 0 Å². The molecule has 0 aliphatic heterocycles. The Kier molecular flexibility index (Phi) is 12.4. The molecule has 0 aliphatic rings. The molecule has 1 rings (SSSR count). The van der Waals surface area contributed by atoms with Crippen molar-refractivity contribution in [3.63, 3.8) is 0 Å². The SMILES string of the molecule is O=C(O)CC[C@H](NC(=O)C[C@@H](NC(=O)CCCCC(=O)OCc1ccccc1)C(=O)O)C(=O)O. The van der Waals surface area contributed by atoms with E-state index in [2.05, 4.69) is 10.6 Å². The summed E-state index contributed by atoms with van der Waals surface area (Å²) >= 11 is 0. The highest BCUT2D eigenvalue weighted by molar-refractivity contribution is 5.90. The van der Waals surface area contributed by atoms with E-state index in [-0.39, 0.29) is 32.3 Å². The molecule has 0 saturated carbocycles. The molecule has 12 heteroatoms. The Morgan fingerprint density at radius 2 is 1.35 bits per heavy atom. The molecule has 1 aromatic carbocycles. The summed E-state index contributed by atoms with van der Waals surface area (Å²) in [5, 5.41) is 31.1. The number of nitrogens with one attached hydrogen (secondary N) is 2. The van der Waals surface area contributed by atoms with Crippen molar-refractivity contribution < 1.29 is 48.8 Å². The second-order valence-electron chi connectivity index (χ2n) is 7.41. The molecule has 0 heterocycles. The van der Waals surface area contributed by atoms with Gasteiger partial charge in [-0.2, -0.15) is 0 Å². The van der Waals surface area contributed by atoms with Crippen LogP contribution in [0.3, 0.4) is 0 Å². The van der Waals surface area contributed by atoms with E-state index in [1.54, 1.807) is 0 Å². The van der Waals surface area contributed by atoms with Gasteiger partial charge in [-0.15, -0.1) is 0 Å². The zero-order valence-electron chi connectivity index (χ0n) is 18.4. The van der Waals surface area contributed by atoms with Gasteiger partial charge in [0.15, 0.2) is 0 Å². The number of hydrogen-bond acceptors (Lipinski definition) is 7. The number of carboxylic acid groups (broad SMARTS) is 3. The molecule has 34 heavy (non-hydrogen) atoms. The van der Waals surface area contributed by atoms with Crippen LogP contribution < -0.4 is 10.6 Å². The molecular formula is C22H28N2O10. The molecule has 5 N–H and O–H groups in total. The van der Waals surface area contributed by atoms with Crippen molar-refractivity contribution in [2.24, 2.45) is 0 Å². The fourth-order valence-electron chi connectivity index (χ4n) is 2.80. The Hall–Kier alpha value is -3.96. The number of ether oxygens (including phenoxy) is 1. The lowest BCUT2D eigenvalue weighted by atomic mass is 10.1. The number of hydrogen-bond donors (Lipinski definition) is 5. The van der Waals surface area contributed by atoms with Gasteiger partial charge in [-0.25, -0.2) is 9.59 Å². The summed E-state index contributed by atoms with van der Waals surface area (Å²) in [5.74, 6) is -6.26. The van der Waals surface area contributed by atoms with Crippen molar-refractivity contribution in [3.8, 4) is 0 Å². The number of rotatable bonds is 16. The highest BCUT2D eigenvalue weighted by Gasteiger charge is 2.26. The highest BCUT2D eigenvalue weighted by Crippen LogP contribution is 2.06. The van der Waals surface area contributed by atoms with Crippen LogP contribution >= 0.6 is 0 Å². The molecule has 0 aliphatic carbocycles. The third kappa shape index (κ3) is 12.2. The van der Waals surface area contributed by atoms with Gasteiger partial charge >= 0.3 is 23.9 Å². The van der Waals surface area contributed by atoms with Crippen LogP contribution in [0.15, 0.2) is 30.3 Å². The Balaban J connectivity index is 2.37. The Labute approximate surface area is 195 Å². The summed E-state index contributed by atoms with van der Waals surface area (Å²) in [4.78, 5) is 68.9. The molecule has 0 spiro atoms. The predicted octanol–water partition coefficient (Wildman–Crippen LogP) is 0.684. The van der Waals surface area contributed by atoms with Crippen LogP contribution in [-0.2, 0) is 40.1 Å². The van der Waals surface area contributed by atoms with Gasteiger partial charge < -0.3 is 30.7 Å². The monoisotopic (exact) mass is 480 g/mol. The summed E-state index contributed by atoms with van der Waals surface area (Å²) < 4.78 is 5.12. The second-order valence-corrected chi connectivity index (χ2v) is 7.41. The molecule has 0 radical (unpaired) electrons. The minimum Gasteiger partial charge on any atom is -0.481 e. The van der Waals surface area contributed by atoms with Gasteiger partial charge in [0.25, 0.3) is 0 Å². The number of aliphatic carboxylic acids is 3. The molecule has 0 fully saturated rings. The zero-order chi connectivity index (χ0) is 25.5. The molecular weight excluding hydrogens is 452 g/mol. The Bertz CT molecular complexity index is 872. The number of esters is 1. The van der Waals surface area contributed by atoms with Crippen molar-refractivity contribution in [2.45, 2.75) is 63.6 Å². The Morgan fingerprint density at radius 1 is 0.765 bits per heavy atom. The first-order valence-corrected chi connectivity index (χ1v) is 10.5. The van der Waals surface area contributed by atoms with Crippen molar-refractivity contribution in [1.82, 2.24) is 10.6 Å². The van der Waals surface area contributed by atoms with E-state index in [1.807, 2.05) is 30.3 Å². The topological polar surface area (TPSA) is 196 Å². The summed E-state index contributed by atoms with van der Waals surface area (Å²) in [6.45, 7) is 0.140. The van der Waals surface area contributed by atoms with Gasteiger partial charge in [0, 0.05) is 19.3 Å². The number of benzene rings is 1. The molecule has 0 aromatic heterocycles. The van der Waals surface area contributed by atoms with E-state index in [9.17, 15) is 33.9 Å². The fourth-order valence-corrected chi connectivity index (χ4v) is 2.80. The summed E-state index contributed by atoms with van der Waals surface area (Å²) in [7, 11) is 0. The van der Waals surface area contributed by atoms with Crippen molar-refractivity contribution >= 4 is 35.7 Å². The lowest BCUT2D eigenvalue weighted by Crippen LogP contribution is -2.47. The minimum absolute atomic E-state index is 0.0811. The summed E-state index contributed by atoms with van der Waals surface area (Å²) in [5.41, 5.74) is 0.843. The third-order valence-electron chi connectivity index (χ3n) is 4.58. The Morgan fingerprint density at radius 3 is 1.94 bits per heavy atom. The van der Waals surface area contributed by atoms with Crippen LogP contribution in [0.2, 0.25) is 0 Å². The summed E-state index contributed by atoms with van der Waals surface area (Å²) in [6.07, 6.45) is -1.01. The quantitative estimate of drug-likeness (QED) is 0.166. The van der Waals surface area contributed by atoms with E-state index < -0.39 is 60.6 Å². The maximum absolute atomic E-state index is 12.0. The van der Waals surface area contributed by atoms with Crippen molar-refractivity contribution in [1.29, 1.82) is 0 Å². The predicted molar refractivity (Wildman–Crippen MR) is 115 cm³/mol. The van der Waals surface area contributed by atoms with Crippen LogP contribution in [0, 0.1) is 0 Å². The average Bonchev–Trinajstić information content (AvgIpc) is 2.78. The second kappa shape index (κ2) is 15.0. The molecule has 2 amide bonds. The molecule has 0 unspecified atom stereocenters. The van der Waals surface area contributed by atoms with E-state index in [4.69, 9.17) is 14.9 Å². The first-order chi connectivity index (χ1) is 16.1. The van der Waals surface area contributed by atoms with Crippen LogP contribution in [-0.4, -0.2) is 63.1 Å². The average molecular weight is 480 g/mol. The normalized spacial score (nSPS) is 12.1. The number of carbonyl (C=O) groups is 6. The van der Waals surface area contributed by atoms with Gasteiger partial charge in [-0.05, 0) is 24.8 Å². The van der Waals surface area contributed by atoms with Gasteiger partial charge in [0.2, 0.25) is 11.8 Å². The standard InChI is InChI=1S/C22H28N2O10/c25-17(8-4-5-9-20(29)34-13-14-6-2-1-3-7-14)24-16(22(32)33)12-18(26)23-15(21(30)31)10-11-19(27)28/h1-3,6-7,15-16H,4-5,8-13H2,(H,23,26)(H,24,25)(H,27,28)(H,30,31)(H,32,33)/t15-,16+/m0/s1. The number of carboxylic acids is 3. The van der Waals surface area contributed by atoms with Crippen LogP contribution in [0.25, 0.3) is 0 Å². The number of amides is 2. The lowest BCUT2D eigenvalue weighted by Gasteiger charge is -2.17. The lowest BCUT2D eigenvalue weighted by molar-refractivity contribution is -0.145. The molecule has 186 valence electrons. The van der Waals surface area contributed by atoms with Crippen LogP contribution in [0.1, 0.15) is 50.5 Å². The molecule has 0 saturated heterocycles. The van der Waals surface area contributed by atoms with Crippen LogP contribution in [0.4, 0.5) is 0 Å². The largest absolute Gasteiger partial charge is 0.481 e. The van der Waals surface area contributed by atoms with Crippen LogP contribution in [0.5, 0.6) is 0 Å². The first-order valence-electron chi connectivity index (χ1n) is 10.5. The van der Waals surface area contributed by atoms with Gasteiger partial charge in [0.05, 0.1) is 6.42 Å². The molecule has 12 nitrogen and oxygen atoms in total. The van der Waals surface area contributed by atoms with E-state index in [0.717, 1.165) is 5.56 Å². The highest BCUT2D eigenvalue weighted by atomic mass is 16.5. The van der Waals surface area contributed by atoms with E-state index in [0.29, 0.717) is 6.42 Å². The third-order valence-corrected chi connectivity index (χ3v) is 4.58. The van der Waals surface area contributed by atoms with Gasteiger partial charge in [0.1, 0.15) is 18.7 Å². The number of carbonyl (C=O) groups excluding carboxylic acids is 3.